The largest absolute Gasteiger partial charge is 0.370 e. The smallest absolute Gasteiger partial charge is 0.149 e. The highest BCUT2D eigenvalue weighted by molar-refractivity contribution is 5.50. The summed E-state index contributed by atoms with van der Waals surface area (Å²) in [5, 5.41) is 0. The molecule has 0 aliphatic rings. The zero-order valence-corrected chi connectivity index (χ0v) is 12.2. The fourth-order valence-corrected chi connectivity index (χ4v) is 2.04. The summed E-state index contributed by atoms with van der Waals surface area (Å²) in [6.45, 7) is 6.63. The molecular weight excluding hydrogens is 246 g/mol. The summed E-state index contributed by atoms with van der Waals surface area (Å²) in [6.07, 6.45) is 1.38. The van der Waals surface area contributed by atoms with Crippen molar-refractivity contribution in [3.05, 3.63) is 29.3 Å². The molecule has 0 heterocycles. The Hall–Kier alpha value is -1.16. The van der Waals surface area contributed by atoms with Gasteiger partial charge in [-0.3, -0.25) is 0 Å². The second kappa shape index (κ2) is 6.85. The molecule has 0 aliphatic carbocycles. The Bertz CT molecular complexity index is 394. The number of nitrogens with two attached hydrogens (primary N) is 1. The number of hydrogen-bond acceptors (Lipinski definition) is 2. The highest BCUT2D eigenvalue weighted by Crippen LogP contribution is 2.25. The Morgan fingerprint density at radius 1 is 1.16 bits per heavy atom. The normalized spacial score (nSPS) is 12.8. The minimum absolute atomic E-state index is 0.0501. The summed E-state index contributed by atoms with van der Waals surface area (Å²) in [7, 11) is 1.72. The van der Waals surface area contributed by atoms with E-state index in [4.69, 9.17) is 5.73 Å². The summed E-state index contributed by atoms with van der Waals surface area (Å²) in [6, 6.07) is 2.66. The first-order valence-corrected chi connectivity index (χ1v) is 6.76. The fourth-order valence-electron chi connectivity index (χ4n) is 2.04. The summed E-state index contributed by atoms with van der Waals surface area (Å²) in [5.41, 5.74) is 6.30. The van der Waals surface area contributed by atoms with E-state index in [9.17, 15) is 8.78 Å². The van der Waals surface area contributed by atoms with Crippen molar-refractivity contribution in [2.24, 2.45) is 11.7 Å². The lowest BCUT2D eigenvalue weighted by atomic mass is 10.1. The van der Waals surface area contributed by atoms with Gasteiger partial charge < -0.3 is 10.6 Å². The SMILES string of the molecule is CC(C)CCN(C)c1c(F)cc(CC(C)N)cc1F. The van der Waals surface area contributed by atoms with Crippen LogP contribution in [0.1, 0.15) is 32.8 Å². The van der Waals surface area contributed by atoms with Gasteiger partial charge in [-0.2, -0.15) is 0 Å². The van der Waals surface area contributed by atoms with Crippen LogP contribution >= 0.6 is 0 Å². The van der Waals surface area contributed by atoms with Crippen LogP contribution in [-0.4, -0.2) is 19.6 Å². The molecule has 0 aromatic heterocycles. The third kappa shape index (κ3) is 4.78. The van der Waals surface area contributed by atoms with Crippen LogP contribution in [0.15, 0.2) is 12.1 Å². The second-order valence-corrected chi connectivity index (χ2v) is 5.69. The minimum Gasteiger partial charge on any atom is -0.370 e. The van der Waals surface area contributed by atoms with Crippen molar-refractivity contribution in [1.29, 1.82) is 0 Å². The molecule has 1 aromatic carbocycles. The Kier molecular flexibility index (Phi) is 5.73. The van der Waals surface area contributed by atoms with Gasteiger partial charge in [0.1, 0.15) is 17.3 Å². The van der Waals surface area contributed by atoms with E-state index >= 15 is 0 Å². The van der Waals surface area contributed by atoms with Crippen LogP contribution in [0, 0.1) is 17.6 Å². The van der Waals surface area contributed by atoms with Gasteiger partial charge in [0.15, 0.2) is 0 Å². The molecule has 108 valence electrons. The predicted octanol–water partition coefficient (Wildman–Crippen LogP) is 3.34. The van der Waals surface area contributed by atoms with E-state index in [0.717, 1.165) is 6.42 Å². The Morgan fingerprint density at radius 3 is 2.11 bits per heavy atom. The maximum absolute atomic E-state index is 14.0. The van der Waals surface area contributed by atoms with Crippen LogP contribution < -0.4 is 10.6 Å². The van der Waals surface area contributed by atoms with Gasteiger partial charge in [-0.25, -0.2) is 8.78 Å². The Morgan fingerprint density at radius 2 is 1.68 bits per heavy atom. The predicted molar refractivity (Wildman–Crippen MR) is 76.4 cm³/mol. The van der Waals surface area contributed by atoms with Gasteiger partial charge in [-0.1, -0.05) is 13.8 Å². The van der Waals surface area contributed by atoms with Gasteiger partial charge in [-0.05, 0) is 43.4 Å². The highest BCUT2D eigenvalue weighted by Gasteiger charge is 2.16. The van der Waals surface area contributed by atoms with Crippen LogP contribution in [0.5, 0.6) is 0 Å². The molecule has 1 unspecified atom stereocenters. The molecule has 0 bridgehead atoms. The van der Waals surface area contributed by atoms with Gasteiger partial charge >= 0.3 is 0 Å². The molecule has 1 aromatic rings. The molecule has 0 spiro atoms. The van der Waals surface area contributed by atoms with Crippen LogP contribution in [0.2, 0.25) is 0 Å². The third-order valence-corrected chi connectivity index (χ3v) is 3.06. The van der Waals surface area contributed by atoms with Gasteiger partial charge in [0.25, 0.3) is 0 Å². The molecule has 19 heavy (non-hydrogen) atoms. The zero-order valence-electron chi connectivity index (χ0n) is 12.2. The van der Waals surface area contributed by atoms with Crippen LogP contribution in [0.25, 0.3) is 0 Å². The molecule has 2 N–H and O–H groups in total. The molecule has 0 aliphatic heterocycles. The maximum atomic E-state index is 14.0. The van der Waals surface area contributed by atoms with E-state index in [-0.39, 0.29) is 11.7 Å². The van der Waals surface area contributed by atoms with E-state index in [1.807, 2.05) is 6.92 Å². The number of rotatable bonds is 6. The molecule has 0 saturated heterocycles. The maximum Gasteiger partial charge on any atom is 0.149 e. The molecule has 0 radical (unpaired) electrons. The Labute approximate surface area is 114 Å². The first-order valence-electron chi connectivity index (χ1n) is 6.76. The standard InChI is InChI=1S/C15H24F2N2/c1-10(2)5-6-19(4)15-13(16)8-12(7-11(3)18)9-14(15)17/h8-11H,5-7,18H2,1-4H3. The summed E-state index contributed by atoms with van der Waals surface area (Å²) in [4.78, 5) is 1.64. The quantitative estimate of drug-likeness (QED) is 0.859. The number of nitrogens with zero attached hydrogens (tertiary/aromatic N) is 1. The van der Waals surface area contributed by atoms with Gasteiger partial charge in [0.2, 0.25) is 0 Å². The van der Waals surface area contributed by atoms with Crippen LogP contribution in [0.3, 0.4) is 0 Å². The van der Waals surface area contributed by atoms with Crippen molar-refractivity contribution in [2.45, 2.75) is 39.7 Å². The molecule has 1 rings (SSSR count). The average molecular weight is 270 g/mol. The molecule has 1 atom stereocenters. The van der Waals surface area contributed by atoms with Crippen molar-refractivity contribution in [3.8, 4) is 0 Å². The van der Waals surface area contributed by atoms with Gasteiger partial charge in [0, 0.05) is 19.6 Å². The molecule has 0 fully saturated rings. The number of anilines is 1. The summed E-state index contributed by atoms with van der Waals surface area (Å²) >= 11 is 0. The molecule has 0 amide bonds. The average Bonchev–Trinajstić information content (AvgIpc) is 2.24. The number of halogens is 2. The van der Waals surface area contributed by atoms with Crippen LogP contribution in [0.4, 0.5) is 14.5 Å². The van der Waals surface area contributed by atoms with E-state index in [0.29, 0.717) is 24.4 Å². The topological polar surface area (TPSA) is 29.3 Å². The van der Waals surface area contributed by atoms with Crippen molar-refractivity contribution in [3.63, 3.8) is 0 Å². The van der Waals surface area contributed by atoms with E-state index in [1.165, 1.54) is 12.1 Å². The summed E-state index contributed by atoms with van der Waals surface area (Å²) < 4.78 is 28.0. The van der Waals surface area contributed by atoms with Gasteiger partial charge in [-0.15, -0.1) is 0 Å². The Balaban J connectivity index is 2.90. The van der Waals surface area contributed by atoms with Crippen molar-refractivity contribution in [1.82, 2.24) is 0 Å². The van der Waals surface area contributed by atoms with Crippen LogP contribution in [-0.2, 0) is 6.42 Å². The minimum atomic E-state index is -0.512. The lowest BCUT2D eigenvalue weighted by Gasteiger charge is -2.22. The first kappa shape index (κ1) is 15.9. The fraction of sp³-hybridized carbons (Fsp3) is 0.600. The lowest BCUT2D eigenvalue weighted by molar-refractivity contribution is 0.550. The highest BCUT2D eigenvalue weighted by atomic mass is 19.1. The van der Waals surface area contributed by atoms with Gasteiger partial charge in [0.05, 0.1) is 0 Å². The van der Waals surface area contributed by atoms with E-state index in [2.05, 4.69) is 13.8 Å². The zero-order chi connectivity index (χ0) is 14.6. The van der Waals surface area contributed by atoms with E-state index < -0.39 is 11.6 Å². The number of benzene rings is 1. The summed E-state index contributed by atoms with van der Waals surface area (Å²) in [5.74, 6) is -0.519. The monoisotopic (exact) mass is 270 g/mol. The molecular formula is C15H24F2N2. The molecule has 2 nitrogen and oxygen atoms in total. The molecule has 4 heteroatoms. The van der Waals surface area contributed by atoms with E-state index in [1.54, 1.807) is 11.9 Å². The first-order chi connectivity index (χ1) is 8.81. The van der Waals surface area contributed by atoms with Crippen molar-refractivity contribution in [2.75, 3.05) is 18.5 Å². The number of hydrogen-bond donors (Lipinski definition) is 1. The second-order valence-electron chi connectivity index (χ2n) is 5.69. The van der Waals surface area contributed by atoms with Crippen molar-refractivity contribution < 1.29 is 8.78 Å². The lowest BCUT2D eigenvalue weighted by Crippen LogP contribution is -2.23. The molecule has 0 saturated carbocycles. The third-order valence-electron chi connectivity index (χ3n) is 3.06. The van der Waals surface area contributed by atoms with Crippen molar-refractivity contribution >= 4 is 5.69 Å².